The van der Waals surface area contributed by atoms with Crippen molar-refractivity contribution in [3.05, 3.63) is 0 Å². The van der Waals surface area contributed by atoms with E-state index in [4.69, 9.17) is 0 Å². The lowest BCUT2D eigenvalue weighted by Gasteiger charge is -2.46. The van der Waals surface area contributed by atoms with Crippen molar-refractivity contribution in [2.45, 2.75) is 240 Å². The van der Waals surface area contributed by atoms with Crippen LogP contribution in [0.3, 0.4) is 0 Å². The van der Waals surface area contributed by atoms with Crippen LogP contribution in [0, 0.1) is 10.8 Å². The van der Waals surface area contributed by atoms with Crippen LogP contribution in [0.5, 0.6) is 0 Å². The first-order chi connectivity index (χ1) is 26.0. The van der Waals surface area contributed by atoms with E-state index in [1.165, 1.54) is 128 Å². The second kappa shape index (κ2) is 31.7. The summed E-state index contributed by atoms with van der Waals surface area (Å²) in [5.41, 5.74) is 9.81. The van der Waals surface area contributed by atoms with Crippen LogP contribution in [-0.4, -0.2) is 36.5 Å². The maximum absolute atomic E-state index is 12.7. The quantitative estimate of drug-likeness (QED) is 0.0309. The van der Waals surface area contributed by atoms with Crippen LogP contribution in [0.1, 0.15) is 234 Å². The summed E-state index contributed by atoms with van der Waals surface area (Å²) in [6.07, 6.45) is 35.8. The first-order valence-electron chi connectivity index (χ1n) is 22.7. The van der Waals surface area contributed by atoms with Crippen molar-refractivity contribution in [3.63, 3.8) is 0 Å². The van der Waals surface area contributed by atoms with Gasteiger partial charge >= 0.3 is 12.1 Å². The molecule has 0 aliphatic heterocycles. The largest absolute Gasteiger partial charge is 0.336 e. The SMILES string of the molecule is CCCCCCCCCCCCCCCC(=O)NNC(=O)NCC1(C)CC(NC(=O)NNC(=O)CCCCCCCCCCCCCCC)CC(C)(C)C1. The molecular formula is C44H86N6O4. The Morgan fingerprint density at radius 1 is 0.463 bits per heavy atom. The number of amides is 6. The summed E-state index contributed by atoms with van der Waals surface area (Å²) in [5.74, 6) is -0.348. The zero-order valence-electron chi connectivity index (χ0n) is 35.8. The minimum Gasteiger partial charge on any atom is -0.336 e. The highest BCUT2D eigenvalue weighted by Crippen LogP contribution is 2.45. The Hall–Kier alpha value is -2.52. The fourth-order valence-corrected chi connectivity index (χ4v) is 8.41. The van der Waals surface area contributed by atoms with Gasteiger partial charge in [-0.05, 0) is 42.9 Å². The van der Waals surface area contributed by atoms with Crippen LogP contribution in [0.2, 0.25) is 0 Å². The van der Waals surface area contributed by atoms with Crippen molar-refractivity contribution >= 4 is 23.9 Å². The molecule has 1 fully saturated rings. The number of hydrogen-bond acceptors (Lipinski definition) is 4. The molecule has 10 nitrogen and oxygen atoms in total. The smallest absolute Gasteiger partial charge is 0.333 e. The van der Waals surface area contributed by atoms with E-state index in [1.54, 1.807) is 0 Å². The minimum atomic E-state index is -0.438. The number of hydrogen-bond donors (Lipinski definition) is 6. The van der Waals surface area contributed by atoms with Crippen molar-refractivity contribution in [2.75, 3.05) is 6.54 Å². The van der Waals surface area contributed by atoms with E-state index >= 15 is 0 Å². The van der Waals surface area contributed by atoms with Gasteiger partial charge in [0, 0.05) is 25.4 Å². The number of rotatable bonds is 31. The molecular weight excluding hydrogens is 677 g/mol. The maximum Gasteiger partial charge on any atom is 0.333 e. The summed E-state index contributed by atoms with van der Waals surface area (Å²) in [5, 5.41) is 5.95. The maximum atomic E-state index is 12.7. The number of urea groups is 2. The van der Waals surface area contributed by atoms with E-state index in [2.05, 4.69) is 67.0 Å². The van der Waals surface area contributed by atoms with E-state index in [-0.39, 0.29) is 28.7 Å². The first-order valence-corrected chi connectivity index (χ1v) is 22.7. The third-order valence-electron chi connectivity index (χ3n) is 11.1. The lowest BCUT2D eigenvalue weighted by molar-refractivity contribution is -0.122. The topological polar surface area (TPSA) is 140 Å². The highest BCUT2D eigenvalue weighted by atomic mass is 16.2. The molecule has 316 valence electrons. The van der Waals surface area contributed by atoms with E-state index in [1.807, 2.05) is 0 Å². The Kier molecular flexibility index (Phi) is 29.0. The molecule has 0 saturated heterocycles. The van der Waals surface area contributed by atoms with Crippen molar-refractivity contribution in [3.8, 4) is 0 Å². The molecule has 0 aromatic rings. The number of hydrazine groups is 2. The molecule has 6 N–H and O–H groups in total. The standard InChI is InChI=1S/C44H86N6O4/c1-6-8-10-12-14-16-18-20-22-24-26-28-30-32-39(51)47-49-41(53)45-37-44(5)35-38(34-43(3,4)36-44)46-42(54)50-48-40(52)33-31-29-27-25-23-21-19-17-15-13-11-9-7-2/h38H,6-37H2,1-5H3,(H,47,51)(H,48,52)(H2,45,49,53)(H2,46,50,54). The molecule has 1 aliphatic rings. The van der Waals surface area contributed by atoms with Gasteiger partial charge in [0.1, 0.15) is 0 Å². The number of nitrogens with one attached hydrogen (secondary N) is 6. The van der Waals surface area contributed by atoms with Gasteiger partial charge in [0.05, 0.1) is 0 Å². The molecule has 0 aromatic carbocycles. The zero-order valence-corrected chi connectivity index (χ0v) is 35.8. The fourth-order valence-electron chi connectivity index (χ4n) is 8.41. The molecule has 0 radical (unpaired) electrons. The van der Waals surface area contributed by atoms with Crippen molar-refractivity contribution in [1.29, 1.82) is 0 Å². The third kappa shape index (κ3) is 28.9. The predicted molar refractivity (Wildman–Crippen MR) is 225 cm³/mol. The average Bonchev–Trinajstić information content (AvgIpc) is 3.12. The van der Waals surface area contributed by atoms with Gasteiger partial charge < -0.3 is 10.6 Å². The first kappa shape index (κ1) is 49.5. The van der Waals surface area contributed by atoms with Crippen LogP contribution in [0.15, 0.2) is 0 Å². The lowest BCUT2D eigenvalue weighted by Crippen LogP contribution is -2.55. The molecule has 54 heavy (non-hydrogen) atoms. The van der Waals surface area contributed by atoms with E-state index in [9.17, 15) is 19.2 Å². The Bertz CT molecular complexity index is 992. The van der Waals surface area contributed by atoms with E-state index in [0.717, 1.165) is 51.4 Å². The molecule has 0 heterocycles. The lowest BCUT2D eigenvalue weighted by atomic mass is 9.62. The van der Waals surface area contributed by atoms with Gasteiger partial charge in [-0.2, -0.15) is 0 Å². The molecule has 0 spiro atoms. The molecule has 2 unspecified atom stereocenters. The van der Waals surface area contributed by atoms with Crippen LogP contribution >= 0.6 is 0 Å². The van der Waals surface area contributed by atoms with Crippen LogP contribution in [0.25, 0.3) is 0 Å². The zero-order chi connectivity index (χ0) is 39.8. The molecule has 0 aromatic heterocycles. The Morgan fingerprint density at radius 2 is 0.815 bits per heavy atom. The normalized spacial score (nSPS) is 17.8. The fraction of sp³-hybridized carbons (Fsp3) is 0.909. The van der Waals surface area contributed by atoms with Gasteiger partial charge in [0.25, 0.3) is 0 Å². The number of carbonyl (C=O) groups excluding carboxylic acids is 4. The summed E-state index contributed by atoms with van der Waals surface area (Å²) >= 11 is 0. The van der Waals surface area contributed by atoms with Gasteiger partial charge in [-0.1, -0.05) is 189 Å². The van der Waals surface area contributed by atoms with Gasteiger partial charge in [0.2, 0.25) is 11.8 Å². The van der Waals surface area contributed by atoms with Crippen molar-refractivity contribution in [1.82, 2.24) is 32.3 Å². The third-order valence-corrected chi connectivity index (χ3v) is 11.1. The molecule has 10 heteroatoms. The van der Waals surface area contributed by atoms with Crippen LogP contribution < -0.4 is 32.3 Å². The average molecular weight is 763 g/mol. The van der Waals surface area contributed by atoms with E-state index in [0.29, 0.717) is 25.8 Å². The second-order valence-corrected chi connectivity index (χ2v) is 17.7. The van der Waals surface area contributed by atoms with Crippen molar-refractivity contribution in [2.24, 2.45) is 10.8 Å². The molecule has 6 amide bonds. The second-order valence-electron chi connectivity index (χ2n) is 17.7. The molecule has 0 bridgehead atoms. The highest BCUT2D eigenvalue weighted by molar-refractivity contribution is 5.81. The minimum absolute atomic E-state index is 0.0529. The summed E-state index contributed by atoms with van der Waals surface area (Å²) < 4.78 is 0. The van der Waals surface area contributed by atoms with Crippen LogP contribution in [0.4, 0.5) is 9.59 Å². The summed E-state index contributed by atoms with van der Waals surface area (Å²) in [6, 6.07) is -0.968. The van der Waals surface area contributed by atoms with Gasteiger partial charge in [-0.3, -0.25) is 20.4 Å². The van der Waals surface area contributed by atoms with E-state index < -0.39 is 12.1 Å². The molecule has 1 saturated carbocycles. The highest BCUT2D eigenvalue weighted by Gasteiger charge is 2.42. The Labute approximate surface area is 331 Å². The summed E-state index contributed by atoms with van der Waals surface area (Å²) in [4.78, 5) is 49.8. The predicted octanol–water partition coefficient (Wildman–Crippen LogP) is 11.2. The number of unbranched alkanes of at least 4 members (excludes halogenated alkanes) is 24. The monoisotopic (exact) mass is 763 g/mol. The number of carbonyl (C=O) groups is 4. The van der Waals surface area contributed by atoms with Gasteiger partial charge in [-0.25, -0.2) is 20.4 Å². The Morgan fingerprint density at radius 3 is 1.20 bits per heavy atom. The summed E-state index contributed by atoms with van der Waals surface area (Å²) in [7, 11) is 0. The van der Waals surface area contributed by atoms with Gasteiger partial charge in [0.15, 0.2) is 0 Å². The summed E-state index contributed by atoms with van der Waals surface area (Å²) in [6.45, 7) is 11.4. The van der Waals surface area contributed by atoms with Crippen LogP contribution in [-0.2, 0) is 9.59 Å². The molecule has 1 aliphatic carbocycles. The van der Waals surface area contributed by atoms with Crippen molar-refractivity contribution < 1.29 is 19.2 Å². The Balaban J connectivity index is 2.15. The van der Waals surface area contributed by atoms with Gasteiger partial charge in [-0.15, -0.1) is 0 Å². The molecule has 2 atom stereocenters. The molecule has 1 rings (SSSR count).